The number of carbonyl (C=O) groups is 1. The summed E-state index contributed by atoms with van der Waals surface area (Å²) in [7, 11) is 0. The molecule has 0 radical (unpaired) electrons. The first-order valence-electron chi connectivity index (χ1n) is 9.93. The highest BCUT2D eigenvalue weighted by Gasteiger charge is 2.28. The maximum atomic E-state index is 12.0. The number of nitrogens with one attached hydrogen (secondary N) is 2. The minimum atomic E-state index is -1.06. The number of nitrogen functional groups attached to an aromatic ring is 1. The van der Waals surface area contributed by atoms with Gasteiger partial charge in [0.1, 0.15) is 23.4 Å². The monoisotopic (exact) mass is 449 g/mol. The van der Waals surface area contributed by atoms with E-state index in [0.29, 0.717) is 41.3 Å². The lowest BCUT2D eigenvalue weighted by Crippen LogP contribution is -2.26. The second-order valence-corrected chi connectivity index (χ2v) is 7.23. The van der Waals surface area contributed by atoms with Crippen molar-refractivity contribution in [2.24, 2.45) is 5.73 Å². The van der Waals surface area contributed by atoms with Crippen LogP contribution in [0.3, 0.4) is 0 Å². The highest BCUT2D eigenvalue weighted by molar-refractivity contribution is 5.95. The van der Waals surface area contributed by atoms with E-state index < -0.39 is 18.1 Å². The van der Waals surface area contributed by atoms with Gasteiger partial charge in [-0.05, 0) is 68.1 Å². The van der Waals surface area contributed by atoms with Gasteiger partial charge in [-0.3, -0.25) is 5.41 Å². The van der Waals surface area contributed by atoms with E-state index in [1.165, 1.54) is 0 Å². The van der Waals surface area contributed by atoms with Crippen molar-refractivity contribution in [3.63, 3.8) is 0 Å². The number of halogens is 1. The molecule has 0 saturated heterocycles. The van der Waals surface area contributed by atoms with Crippen molar-refractivity contribution in [1.29, 1.82) is 5.41 Å². The zero-order chi connectivity index (χ0) is 21.7. The van der Waals surface area contributed by atoms with Gasteiger partial charge in [-0.15, -0.1) is 12.4 Å². The van der Waals surface area contributed by atoms with E-state index in [1.54, 1.807) is 42.5 Å². The van der Waals surface area contributed by atoms with Crippen LogP contribution in [0, 0.1) is 5.41 Å². The number of amidine groups is 1. The first kappa shape index (κ1) is 24.3. The van der Waals surface area contributed by atoms with Crippen LogP contribution in [0.5, 0.6) is 11.5 Å². The number of hydrogen-bond donors (Lipinski definition) is 5. The normalized spacial score (nSPS) is 18.5. The molecule has 3 unspecified atom stereocenters. The van der Waals surface area contributed by atoms with Gasteiger partial charge in [-0.1, -0.05) is 0 Å². The molecule has 1 saturated carbocycles. The Labute approximate surface area is 187 Å². The number of hydrogen-bond acceptors (Lipinski definition) is 6. The minimum absolute atomic E-state index is 0. The molecule has 0 bridgehead atoms. The second kappa shape index (κ2) is 10.9. The van der Waals surface area contributed by atoms with Gasteiger partial charge in [0, 0.05) is 17.3 Å². The maximum Gasteiger partial charge on any atom is 0.330 e. The number of carboxylic acids is 1. The summed E-state index contributed by atoms with van der Waals surface area (Å²) < 4.78 is 11.5. The second-order valence-electron chi connectivity index (χ2n) is 7.23. The van der Waals surface area contributed by atoms with Crippen molar-refractivity contribution in [2.45, 2.75) is 44.4 Å². The lowest BCUT2D eigenvalue weighted by molar-refractivity contribution is -0.138. The molecule has 9 heteroatoms. The molecule has 0 heterocycles. The van der Waals surface area contributed by atoms with Gasteiger partial charge in [-0.2, -0.15) is 0 Å². The predicted molar refractivity (Wildman–Crippen MR) is 121 cm³/mol. The van der Waals surface area contributed by atoms with Gasteiger partial charge in [0.05, 0.1) is 12.7 Å². The van der Waals surface area contributed by atoms with Gasteiger partial charge in [0.15, 0.2) is 6.04 Å². The van der Waals surface area contributed by atoms with Crippen LogP contribution in [0.1, 0.15) is 43.4 Å². The Kier molecular flexibility index (Phi) is 8.53. The molecule has 1 aliphatic carbocycles. The lowest BCUT2D eigenvalue weighted by atomic mass is 10.0. The van der Waals surface area contributed by atoms with Crippen molar-refractivity contribution in [3.8, 4) is 11.5 Å². The minimum Gasteiger partial charge on any atom is -0.494 e. The first-order chi connectivity index (χ1) is 14.4. The molecule has 0 aliphatic heterocycles. The molecular formula is C22H28ClN3O5. The van der Waals surface area contributed by atoms with E-state index >= 15 is 0 Å². The molecule has 8 nitrogen and oxygen atoms in total. The molecule has 0 spiro atoms. The van der Waals surface area contributed by atoms with Crippen molar-refractivity contribution in [3.05, 3.63) is 53.6 Å². The van der Waals surface area contributed by atoms with Crippen LogP contribution in [0.15, 0.2) is 42.5 Å². The zero-order valence-electron chi connectivity index (χ0n) is 17.2. The van der Waals surface area contributed by atoms with E-state index in [4.69, 9.17) is 20.6 Å². The Morgan fingerprint density at radius 1 is 1.23 bits per heavy atom. The van der Waals surface area contributed by atoms with Crippen LogP contribution < -0.4 is 20.5 Å². The molecule has 0 aromatic heterocycles. The fourth-order valence-electron chi connectivity index (χ4n) is 3.50. The molecule has 1 aliphatic rings. The summed E-state index contributed by atoms with van der Waals surface area (Å²) in [6, 6.07) is 10.6. The Balaban J connectivity index is 0.00000341. The van der Waals surface area contributed by atoms with Crippen LogP contribution in [0.2, 0.25) is 0 Å². The topological polar surface area (TPSA) is 138 Å². The summed E-state index contributed by atoms with van der Waals surface area (Å²) >= 11 is 0. The molecule has 31 heavy (non-hydrogen) atoms. The van der Waals surface area contributed by atoms with Gasteiger partial charge >= 0.3 is 5.97 Å². The van der Waals surface area contributed by atoms with Crippen LogP contribution >= 0.6 is 12.4 Å². The highest BCUT2D eigenvalue weighted by Crippen LogP contribution is 2.32. The molecular weight excluding hydrogens is 422 g/mol. The summed E-state index contributed by atoms with van der Waals surface area (Å²) in [4.78, 5) is 12.0. The van der Waals surface area contributed by atoms with Crippen LogP contribution in [-0.4, -0.2) is 40.8 Å². The number of aliphatic carboxylic acids is 1. The van der Waals surface area contributed by atoms with E-state index in [0.717, 1.165) is 12.8 Å². The number of aliphatic hydroxyl groups is 1. The van der Waals surface area contributed by atoms with E-state index in [1.807, 2.05) is 6.92 Å². The third-order valence-corrected chi connectivity index (χ3v) is 5.01. The molecule has 1 fully saturated rings. The molecule has 2 aromatic carbocycles. The van der Waals surface area contributed by atoms with Crippen molar-refractivity contribution in [1.82, 2.24) is 0 Å². The van der Waals surface area contributed by atoms with Crippen LogP contribution in [-0.2, 0) is 4.79 Å². The Morgan fingerprint density at radius 2 is 1.90 bits per heavy atom. The number of benzene rings is 2. The Bertz CT molecular complexity index is 907. The number of carboxylic acid groups (broad SMARTS) is 1. The fraction of sp³-hybridized carbons (Fsp3) is 0.364. The number of aliphatic hydroxyl groups excluding tert-OH is 1. The molecule has 3 rings (SSSR count). The summed E-state index contributed by atoms with van der Waals surface area (Å²) in [5.41, 5.74) is 7.05. The molecule has 3 atom stereocenters. The zero-order valence-corrected chi connectivity index (χ0v) is 18.0. The number of anilines is 1. The number of ether oxygens (including phenoxy) is 2. The summed E-state index contributed by atoms with van der Waals surface area (Å²) in [5, 5.41) is 30.3. The van der Waals surface area contributed by atoms with Crippen molar-refractivity contribution in [2.75, 3.05) is 11.9 Å². The molecule has 2 aromatic rings. The van der Waals surface area contributed by atoms with Crippen molar-refractivity contribution >= 4 is 29.9 Å². The van der Waals surface area contributed by atoms with Crippen LogP contribution in [0.4, 0.5) is 5.69 Å². The Morgan fingerprint density at radius 3 is 2.45 bits per heavy atom. The van der Waals surface area contributed by atoms with Crippen molar-refractivity contribution < 1.29 is 24.5 Å². The average molecular weight is 450 g/mol. The highest BCUT2D eigenvalue weighted by atomic mass is 35.5. The summed E-state index contributed by atoms with van der Waals surface area (Å²) in [6.07, 6.45) is 1.48. The third-order valence-electron chi connectivity index (χ3n) is 5.01. The lowest BCUT2D eigenvalue weighted by Gasteiger charge is -2.21. The smallest absolute Gasteiger partial charge is 0.330 e. The average Bonchev–Trinajstić information content (AvgIpc) is 3.10. The van der Waals surface area contributed by atoms with E-state index in [2.05, 4.69) is 5.32 Å². The SMILES string of the molecule is CCOc1cc(OC2CCCC2O)cc(C(Nc2ccc(C(=N)N)cc2)C(=O)O)c1.Cl. The standard InChI is InChI=1S/C22H27N3O5.ClH/c1-2-29-16-10-14(11-17(12-16)30-19-5-3-4-18(19)26)20(22(27)28)25-15-8-6-13(7-9-15)21(23)24;/h6-12,18-20,25-26H,2-5H2,1H3,(H3,23,24)(H,27,28);1H. The van der Waals surface area contributed by atoms with E-state index in [9.17, 15) is 15.0 Å². The van der Waals surface area contributed by atoms with E-state index in [-0.39, 0.29) is 24.3 Å². The first-order valence-corrected chi connectivity index (χ1v) is 9.93. The van der Waals surface area contributed by atoms with Crippen LogP contribution in [0.25, 0.3) is 0 Å². The molecule has 0 amide bonds. The molecule has 6 N–H and O–H groups in total. The quantitative estimate of drug-likeness (QED) is 0.292. The van der Waals surface area contributed by atoms with Gasteiger partial charge in [0.2, 0.25) is 0 Å². The number of nitrogens with two attached hydrogens (primary N) is 1. The number of rotatable bonds is 9. The van der Waals surface area contributed by atoms with Gasteiger partial charge in [-0.25, -0.2) is 4.79 Å². The maximum absolute atomic E-state index is 12.0. The van der Waals surface area contributed by atoms with Gasteiger partial charge < -0.3 is 30.7 Å². The summed E-state index contributed by atoms with van der Waals surface area (Å²) in [5.74, 6) is -0.165. The largest absolute Gasteiger partial charge is 0.494 e. The third kappa shape index (κ3) is 6.26. The fourth-order valence-corrected chi connectivity index (χ4v) is 3.50. The Hall–Kier alpha value is -2.97. The molecule has 168 valence electrons. The van der Waals surface area contributed by atoms with Gasteiger partial charge in [0.25, 0.3) is 0 Å². The predicted octanol–water partition coefficient (Wildman–Crippen LogP) is 3.32. The summed E-state index contributed by atoms with van der Waals surface area (Å²) in [6.45, 7) is 2.27.